The number of aliphatic hydroxyl groups is 1. The number of rotatable bonds is 7. The smallest absolute Gasteiger partial charge is 0.0583 e. The van der Waals surface area contributed by atoms with E-state index < -0.39 is 0 Å². The third-order valence-corrected chi connectivity index (χ3v) is 3.97. The summed E-state index contributed by atoms with van der Waals surface area (Å²) in [5.41, 5.74) is 0.0871. The highest BCUT2D eigenvalue weighted by atomic mass is 32.2. The van der Waals surface area contributed by atoms with Crippen LogP contribution in [0.3, 0.4) is 0 Å². The number of hydrogen-bond acceptors (Lipinski definition) is 3. The number of aliphatic hydroxyl groups excluding tert-OH is 1. The van der Waals surface area contributed by atoms with Crippen molar-refractivity contribution in [3.05, 3.63) is 24.3 Å². The van der Waals surface area contributed by atoms with Crippen LogP contribution in [-0.2, 0) is 0 Å². The lowest BCUT2D eigenvalue weighted by Crippen LogP contribution is -2.18. The molecule has 2 unspecified atom stereocenters. The fraction of sp³-hybridized carbons (Fsp3) is 0.643. The summed E-state index contributed by atoms with van der Waals surface area (Å²) in [5.74, 6) is 1.81. The van der Waals surface area contributed by atoms with Gasteiger partial charge in [-0.3, -0.25) is 4.99 Å². The maximum absolute atomic E-state index is 8.75. The minimum absolute atomic E-state index is 0.0871. The first-order chi connectivity index (χ1) is 8.20. The zero-order chi connectivity index (χ0) is 12.6. The number of allylic oxidation sites excluding steroid dienone is 4. The van der Waals surface area contributed by atoms with E-state index in [0.29, 0.717) is 6.04 Å². The van der Waals surface area contributed by atoms with Gasteiger partial charge in [-0.1, -0.05) is 38.2 Å². The molecule has 0 aliphatic heterocycles. The molecule has 2 nitrogen and oxygen atoms in total. The summed E-state index contributed by atoms with van der Waals surface area (Å²) < 4.78 is 0. The Balaban J connectivity index is 2.43. The second-order valence-corrected chi connectivity index (χ2v) is 5.79. The summed E-state index contributed by atoms with van der Waals surface area (Å²) in [6.45, 7) is 4.64. The van der Waals surface area contributed by atoms with E-state index >= 15 is 0 Å². The average molecular weight is 253 g/mol. The molecule has 0 radical (unpaired) electrons. The van der Waals surface area contributed by atoms with Crippen molar-refractivity contribution in [2.45, 2.75) is 32.7 Å². The van der Waals surface area contributed by atoms with Gasteiger partial charge in [0.1, 0.15) is 0 Å². The summed E-state index contributed by atoms with van der Waals surface area (Å²) in [4.78, 5) is 4.70. The molecule has 0 aromatic rings. The van der Waals surface area contributed by atoms with Crippen LogP contribution in [0.2, 0.25) is 0 Å². The van der Waals surface area contributed by atoms with Crippen LogP contribution < -0.4 is 0 Å². The van der Waals surface area contributed by atoms with Crippen molar-refractivity contribution < 1.29 is 5.11 Å². The molecule has 96 valence electrons. The van der Waals surface area contributed by atoms with E-state index in [-0.39, 0.29) is 12.0 Å². The molecular formula is C14H23NOS. The average Bonchev–Trinajstić information content (AvgIpc) is 2.34. The van der Waals surface area contributed by atoms with E-state index in [4.69, 9.17) is 10.1 Å². The van der Waals surface area contributed by atoms with Crippen LogP contribution in [-0.4, -0.2) is 35.5 Å². The molecule has 0 saturated carbocycles. The van der Waals surface area contributed by atoms with Gasteiger partial charge >= 0.3 is 0 Å². The molecule has 0 saturated heterocycles. The Bertz CT molecular complexity index is 299. The summed E-state index contributed by atoms with van der Waals surface area (Å²) in [6.07, 6.45) is 12.8. The zero-order valence-electron chi connectivity index (χ0n) is 10.8. The molecule has 0 bridgehead atoms. The summed E-state index contributed by atoms with van der Waals surface area (Å²) in [7, 11) is 0. The lowest BCUT2D eigenvalue weighted by Gasteiger charge is -2.22. The molecule has 0 aromatic carbocycles. The third-order valence-electron chi connectivity index (χ3n) is 2.88. The molecular weight excluding hydrogens is 230 g/mol. The van der Waals surface area contributed by atoms with Crippen molar-refractivity contribution in [3.63, 3.8) is 0 Å². The minimum Gasteiger partial charge on any atom is -0.396 e. The molecule has 0 spiro atoms. The Morgan fingerprint density at radius 1 is 1.53 bits per heavy atom. The van der Waals surface area contributed by atoms with Crippen LogP contribution in [0.5, 0.6) is 0 Å². The SMILES string of the molecule is CCC(CSCCO)N=CC1(C)C=CC=CC1. The zero-order valence-corrected chi connectivity index (χ0v) is 11.6. The number of thioether (sulfide) groups is 1. The van der Waals surface area contributed by atoms with Crippen LogP contribution in [0.4, 0.5) is 0 Å². The van der Waals surface area contributed by atoms with Gasteiger partial charge < -0.3 is 5.11 Å². The van der Waals surface area contributed by atoms with Gasteiger partial charge in [-0.05, 0) is 12.8 Å². The summed E-state index contributed by atoms with van der Waals surface area (Å²) in [5, 5.41) is 8.75. The van der Waals surface area contributed by atoms with Gasteiger partial charge in [0.05, 0.1) is 12.6 Å². The Morgan fingerprint density at radius 3 is 2.94 bits per heavy atom. The summed E-state index contributed by atoms with van der Waals surface area (Å²) >= 11 is 1.78. The molecule has 1 aliphatic rings. The van der Waals surface area contributed by atoms with E-state index in [1.54, 1.807) is 11.8 Å². The highest BCUT2D eigenvalue weighted by Crippen LogP contribution is 2.25. The van der Waals surface area contributed by atoms with Gasteiger partial charge in [-0.15, -0.1) is 0 Å². The first-order valence-corrected chi connectivity index (χ1v) is 7.43. The molecule has 0 aromatic heterocycles. The quantitative estimate of drug-likeness (QED) is 0.558. The Kier molecular flexibility index (Phi) is 6.60. The normalized spacial score (nSPS) is 25.6. The highest BCUT2D eigenvalue weighted by molar-refractivity contribution is 7.99. The molecule has 3 heteroatoms. The van der Waals surface area contributed by atoms with Gasteiger partial charge in [0.15, 0.2) is 0 Å². The van der Waals surface area contributed by atoms with Gasteiger partial charge in [0, 0.05) is 23.1 Å². The number of nitrogens with zero attached hydrogens (tertiary/aromatic N) is 1. The van der Waals surface area contributed by atoms with Crippen molar-refractivity contribution >= 4 is 18.0 Å². The predicted octanol–water partition coefficient (Wildman–Crippen LogP) is 3.08. The molecule has 0 heterocycles. The van der Waals surface area contributed by atoms with Crippen molar-refractivity contribution in [1.82, 2.24) is 0 Å². The fourth-order valence-corrected chi connectivity index (χ4v) is 2.56. The Morgan fingerprint density at radius 2 is 2.35 bits per heavy atom. The van der Waals surface area contributed by atoms with Gasteiger partial charge in [-0.25, -0.2) is 0 Å². The Hall–Kier alpha value is -0.540. The van der Waals surface area contributed by atoms with Crippen molar-refractivity contribution in [2.24, 2.45) is 10.4 Å². The Labute approximate surface area is 109 Å². The van der Waals surface area contributed by atoms with E-state index in [1.165, 1.54) is 0 Å². The van der Waals surface area contributed by atoms with E-state index in [1.807, 2.05) is 0 Å². The predicted molar refractivity (Wildman–Crippen MR) is 78.0 cm³/mol. The molecule has 2 atom stereocenters. The first-order valence-electron chi connectivity index (χ1n) is 6.27. The van der Waals surface area contributed by atoms with E-state index in [0.717, 1.165) is 24.3 Å². The molecule has 0 amide bonds. The minimum atomic E-state index is 0.0871. The molecule has 1 rings (SSSR count). The monoisotopic (exact) mass is 253 g/mol. The van der Waals surface area contributed by atoms with Gasteiger partial charge in [-0.2, -0.15) is 11.8 Å². The lowest BCUT2D eigenvalue weighted by molar-refractivity contribution is 0.322. The van der Waals surface area contributed by atoms with Crippen molar-refractivity contribution in [3.8, 4) is 0 Å². The van der Waals surface area contributed by atoms with E-state index in [2.05, 4.69) is 44.4 Å². The first kappa shape index (κ1) is 14.5. The number of hydrogen-bond donors (Lipinski definition) is 1. The van der Waals surface area contributed by atoms with Crippen LogP contribution in [0, 0.1) is 5.41 Å². The second kappa shape index (κ2) is 7.72. The number of aliphatic imine (C=N–C) groups is 1. The lowest BCUT2D eigenvalue weighted by atomic mass is 9.85. The maximum atomic E-state index is 8.75. The van der Waals surface area contributed by atoms with Crippen LogP contribution >= 0.6 is 11.8 Å². The molecule has 0 fully saturated rings. The largest absolute Gasteiger partial charge is 0.396 e. The standard InChI is InChI=1S/C14H23NOS/c1-3-13(11-17-10-9-16)15-12-14(2)7-5-4-6-8-14/h4-7,12-13,16H,3,8-11H2,1-2H3. The van der Waals surface area contributed by atoms with Crippen molar-refractivity contribution in [2.75, 3.05) is 18.1 Å². The van der Waals surface area contributed by atoms with E-state index in [9.17, 15) is 0 Å². The van der Waals surface area contributed by atoms with Gasteiger partial charge in [0.2, 0.25) is 0 Å². The topological polar surface area (TPSA) is 32.6 Å². The van der Waals surface area contributed by atoms with Crippen molar-refractivity contribution in [1.29, 1.82) is 0 Å². The molecule has 17 heavy (non-hydrogen) atoms. The second-order valence-electron chi connectivity index (χ2n) is 4.64. The maximum Gasteiger partial charge on any atom is 0.0583 e. The highest BCUT2D eigenvalue weighted by Gasteiger charge is 2.18. The third kappa shape index (κ3) is 5.55. The molecule has 1 N–H and O–H groups in total. The summed E-state index contributed by atoms with van der Waals surface area (Å²) in [6, 6.07) is 0.377. The fourth-order valence-electron chi connectivity index (χ4n) is 1.67. The van der Waals surface area contributed by atoms with Crippen LogP contribution in [0.15, 0.2) is 29.3 Å². The van der Waals surface area contributed by atoms with Crippen LogP contribution in [0.1, 0.15) is 26.7 Å². The van der Waals surface area contributed by atoms with Gasteiger partial charge in [0.25, 0.3) is 0 Å². The van der Waals surface area contributed by atoms with Crippen LogP contribution in [0.25, 0.3) is 0 Å². The molecule has 1 aliphatic carbocycles.